The molecule has 0 unspecified atom stereocenters. The van der Waals surface area contributed by atoms with Crippen LogP contribution in [0.4, 0.5) is 0 Å². The van der Waals surface area contributed by atoms with E-state index in [0.29, 0.717) is 5.04 Å². The number of hydrogen-bond donors (Lipinski definition) is 0. The fourth-order valence-electron chi connectivity index (χ4n) is 1.45. The molecule has 0 aliphatic heterocycles. The highest BCUT2D eigenvalue weighted by atomic mass is 32.2. The molecule has 0 radical (unpaired) electrons. The van der Waals surface area contributed by atoms with Gasteiger partial charge in [-0.3, -0.25) is 4.79 Å². The van der Waals surface area contributed by atoms with Crippen molar-refractivity contribution in [2.45, 2.75) is 26.6 Å². The molecule has 0 saturated carbocycles. The van der Waals surface area contributed by atoms with Gasteiger partial charge in [-0.25, -0.2) is 0 Å². The van der Waals surface area contributed by atoms with Crippen LogP contribution in [0.3, 0.4) is 0 Å². The van der Waals surface area contributed by atoms with Gasteiger partial charge in [0.2, 0.25) is 0 Å². The van der Waals surface area contributed by atoms with E-state index in [2.05, 4.69) is 29.4 Å². The summed E-state index contributed by atoms with van der Waals surface area (Å²) in [5.41, 5.74) is 10.4. The van der Waals surface area contributed by atoms with Crippen LogP contribution in [0.2, 0.25) is 19.6 Å². The molecule has 1 aromatic rings. The van der Waals surface area contributed by atoms with Gasteiger partial charge >= 0.3 is 12.1 Å². The van der Waals surface area contributed by atoms with E-state index >= 15 is 0 Å². The van der Waals surface area contributed by atoms with Gasteiger partial charge in [0, 0.05) is 5.56 Å². The van der Waals surface area contributed by atoms with Gasteiger partial charge in [0.05, 0.1) is 8.07 Å². The van der Waals surface area contributed by atoms with Crippen molar-refractivity contribution in [2.24, 2.45) is 4.99 Å². The number of aryl methyl sites for hydroxylation is 1. The molecule has 0 aliphatic carbocycles. The summed E-state index contributed by atoms with van der Waals surface area (Å²) in [4.78, 5) is 18.3. The first kappa shape index (κ1) is 16.6. The topological polar surface area (TPSA) is 65.8 Å². The lowest BCUT2D eigenvalue weighted by atomic mass is 10.1. The summed E-state index contributed by atoms with van der Waals surface area (Å²) in [6, 6.07) is 7.83. The molecule has 0 atom stereocenters. The molecule has 106 valence electrons. The van der Waals surface area contributed by atoms with Crippen LogP contribution in [0.15, 0.2) is 29.3 Å². The Morgan fingerprint density at radius 2 is 2.05 bits per heavy atom. The summed E-state index contributed by atoms with van der Waals surface area (Å²) >= 11 is 1.60. The lowest BCUT2D eigenvalue weighted by Gasteiger charge is -2.16. The van der Waals surface area contributed by atoms with Crippen LogP contribution in [-0.4, -0.2) is 35.4 Å². The zero-order valence-electron chi connectivity index (χ0n) is 12.3. The number of carbonyl (C=O) groups is 1. The average Bonchev–Trinajstić information content (AvgIpc) is 2.34. The Morgan fingerprint density at radius 3 is 2.60 bits per heavy atom. The van der Waals surface area contributed by atoms with Crippen LogP contribution in [-0.2, 0) is 4.79 Å². The first-order valence-corrected chi connectivity index (χ1v) is 11.0. The minimum absolute atomic E-state index is 0.547. The highest BCUT2D eigenvalue weighted by molar-refractivity contribution is 8.15. The van der Waals surface area contributed by atoms with Gasteiger partial charge in [-0.1, -0.05) is 43.9 Å². The smallest absolute Gasteiger partial charge is 0.352 e. The van der Waals surface area contributed by atoms with Crippen LogP contribution in [0.25, 0.3) is 5.53 Å². The number of thioether (sulfide) groups is 1. The van der Waals surface area contributed by atoms with E-state index in [0.717, 1.165) is 22.7 Å². The first-order chi connectivity index (χ1) is 9.33. The largest absolute Gasteiger partial charge is 0.361 e. The van der Waals surface area contributed by atoms with Crippen molar-refractivity contribution >= 4 is 37.0 Å². The van der Waals surface area contributed by atoms with Gasteiger partial charge < -0.3 is 5.53 Å². The van der Waals surface area contributed by atoms with E-state index in [1.807, 2.05) is 31.2 Å². The zero-order valence-corrected chi connectivity index (χ0v) is 14.1. The molecule has 1 amide bonds. The third-order valence-electron chi connectivity index (χ3n) is 2.40. The van der Waals surface area contributed by atoms with Gasteiger partial charge in [-0.2, -0.15) is 9.78 Å². The van der Waals surface area contributed by atoms with Crippen LogP contribution in [0.5, 0.6) is 0 Å². The predicted octanol–water partition coefficient (Wildman–Crippen LogP) is 3.18. The van der Waals surface area contributed by atoms with Crippen molar-refractivity contribution in [2.75, 3.05) is 5.38 Å². The third kappa shape index (κ3) is 5.65. The highest BCUT2D eigenvalue weighted by Gasteiger charge is 2.17. The fraction of sp³-hybridized carbons (Fsp3) is 0.357. The molecule has 0 fully saturated rings. The van der Waals surface area contributed by atoms with Crippen molar-refractivity contribution in [1.29, 1.82) is 0 Å². The summed E-state index contributed by atoms with van der Waals surface area (Å²) in [5.74, 6) is -0.547. The summed E-state index contributed by atoms with van der Waals surface area (Å²) in [7, 11) is -1.25. The highest BCUT2D eigenvalue weighted by Crippen LogP contribution is 2.21. The second-order valence-electron chi connectivity index (χ2n) is 5.66. The van der Waals surface area contributed by atoms with E-state index in [1.165, 1.54) is 0 Å². The zero-order chi connectivity index (χ0) is 15.2. The van der Waals surface area contributed by atoms with Crippen LogP contribution < -0.4 is 0 Å². The van der Waals surface area contributed by atoms with Crippen molar-refractivity contribution in [3.8, 4) is 0 Å². The maximum Gasteiger partial charge on any atom is 0.352 e. The Labute approximate surface area is 124 Å². The van der Waals surface area contributed by atoms with Crippen LogP contribution >= 0.6 is 11.8 Å². The molecule has 0 aromatic heterocycles. The minimum atomic E-state index is -1.25. The van der Waals surface area contributed by atoms with E-state index in [1.54, 1.807) is 11.8 Å². The van der Waals surface area contributed by atoms with Crippen molar-refractivity contribution in [3.05, 3.63) is 40.9 Å². The third-order valence-corrected chi connectivity index (χ3v) is 7.02. The van der Waals surface area contributed by atoms with Crippen molar-refractivity contribution in [3.63, 3.8) is 0 Å². The molecule has 0 heterocycles. The number of amides is 1. The Bertz CT molecular complexity index is 572. The summed E-state index contributed by atoms with van der Waals surface area (Å²) in [5, 5.41) is 1.67. The van der Waals surface area contributed by atoms with Gasteiger partial charge in [0.25, 0.3) is 0 Å². The maximum absolute atomic E-state index is 11.6. The second-order valence-corrected chi connectivity index (χ2v) is 12.6. The first-order valence-electron chi connectivity index (χ1n) is 6.32. The normalized spacial score (nSPS) is 11.9. The number of hydrogen-bond acceptors (Lipinski definition) is 2. The molecule has 0 N–H and O–H groups in total. The summed E-state index contributed by atoms with van der Waals surface area (Å²) in [6.07, 6.45) is 0.813. The maximum atomic E-state index is 11.6. The standard InChI is InChI=1S/C14H19N3OSSi/c1-11-7-5-6-8-12(11)14(17-13(18)9-16-15)19-10-20(2,3)4/h5-9H,10H2,1-4H3. The Hall–Kier alpha value is -1.49. The molecule has 0 spiro atoms. The number of carbonyl (C=O) groups excluding carboxylic acids is 1. The molecular weight excluding hydrogens is 286 g/mol. The number of benzene rings is 1. The van der Waals surface area contributed by atoms with Crippen LogP contribution in [0.1, 0.15) is 11.1 Å². The minimum Gasteiger partial charge on any atom is -0.361 e. The van der Waals surface area contributed by atoms with E-state index in [4.69, 9.17) is 5.53 Å². The molecule has 0 saturated heterocycles. The van der Waals surface area contributed by atoms with E-state index in [9.17, 15) is 4.79 Å². The molecule has 6 heteroatoms. The van der Waals surface area contributed by atoms with Gasteiger partial charge in [-0.05, 0) is 17.9 Å². The molecule has 1 aromatic carbocycles. The lowest BCUT2D eigenvalue weighted by Crippen LogP contribution is -2.25. The SMILES string of the molecule is Cc1ccccc1C(=NC(=O)C=[N+]=[N-])SC[Si](C)(C)C. The monoisotopic (exact) mass is 305 g/mol. The number of nitrogens with zero attached hydrogens (tertiary/aromatic N) is 3. The molecule has 1 rings (SSSR count). The molecule has 0 bridgehead atoms. The molecule has 20 heavy (non-hydrogen) atoms. The average molecular weight is 305 g/mol. The molecule has 0 aliphatic rings. The Morgan fingerprint density at radius 1 is 1.40 bits per heavy atom. The Kier molecular flexibility index (Phi) is 6.07. The van der Waals surface area contributed by atoms with E-state index < -0.39 is 14.0 Å². The summed E-state index contributed by atoms with van der Waals surface area (Å²) < 4.78 is 0. The quantitative estimate of drug-likeness (QED) is 0.282. The Balaban J connectivity index is 3.11. The fourth-order valence-corrected chi connectivity index (χ4v) is 4.26. The van der Waals surface area contributed by atoms with Crippen molar-refractivity contribution in [1.82, 2.24) is 0 Å². The summed E-state index contributed by atoms with van der Waals surface area (Å²) in [6.45, 7) is 8.80. The van der Waals surface area contributed by atoms with Gasteiger partial charge in [0.15, 0.2) is 0 Å². The number of aliphatic imine (C=N–C) groups is 1. The van der Waals surface area contributed by atoms with Gasteiger partial charge in [-0.15, -0.1) is 11.8 Å². The molecule has 4 nitrogen and oxygen atoms in total. The van der Waals surface area contributed by atoms with Gasteiger partial charge in [0.1, 0.15) is 5.04 Å². The molecular formula is C14H19N3OSSi. The van der Waals surface area contributed by atoms with E-state index in [-0.39, 0.29) is 0 Å². The lowest BCUT2D eigenvalue weighted by molar-refractivity contribution is -0.114. The van der Waals surface area contributed by atoms with Crippen LogP contribution in [0, 0.1) is 6.92 Å². The van der Waals surface area contributed by atoms with Crippen molar-refractivity contribution < 1.29 is 9.58 Å². The number of rotatable bonds is 4. The predicted molar refractivity (Wildman–Crippen MR) is 88.2 cm³/mol. The second kappa shape index (κ2) is 7.33.